The first kappa shape index (κ1) is 19.9. The van der Waals surface area contributed by atoms with Crippen LogP contribution in [0.4, 0.5) is 13.2 Å². The van der Waals surface area contributed by atoms with Gasteiger partial charge in [0.05, 0.1) is 12.2 Å². The summed E-state index contributed by atoms with van der Waals surface area (Å²) in [5.74, 6) is 0. The van der Waals surface area contributed by atoms with E-state index in [0.29, 0.717) is 13.1 Å². The standard InChI is InChI=1S/C13H25F3N4O3S/c1-10-8-20(9-11(2)23-10)24(21,22)18-7-12(13(14,15)16)19-5-3-17-4-6-19/h10-12,17-18H,3-9H2,1-2H3. The Morgan fingerprint density at radius 3 is 2.25 bits per heavy atom. The van der Waals surface area contributed by atoms with Gasteiger partial charge in [0.15, 0.2) is 0 Å². The van der Waals surface area contributed by atoms with E-state index in [1.165, 1.54) is 4.90 Å². The van der Waals surface area contributed by atoms with Crippen molar-refractivity contribution in [2.24, 2.45) is 0 Å². The maximum Gasteiger partial charge on any atom is 0.405 e. The normalized spacial score (nSPS) is 29.5. The molecule has 2 fully saturated rings. The number of nitrogens with zero attached hydrogens (tertiary/aromatic N) is 2. The molecule has 2 heterocycles. The van der Waals surface area contributed by atoms with E-state index in [0.717, 1.165) is 4.31 Å². The van der Waals surface area contributed by atoms with E-state index in [1.54, 1.807) is 13.8 Å². The van der Waals surface area contributed by atoms with Crippen LogP contribution in [0.1, 0.15) is 13.8 Å². The summed E-state index contributed by atoms with van der Waals surface area (Å²) >= 11 is 0. The molecule has 0 aromatic heterocycles. The molecule has 0 amide bonds. The van der Waals surface area contributed by atoms with Crippen LogP contribution in [-0.2, 0) is 14.9 Å². The zero-order valence-corrected chi connectivity index (χ0v) is 14.7. The average molecular weight is 374 g/mol. The van der Waals surface area contributed by atoms with Crippen LogP contribution >= 0.6 is 0 Å². The van der Waals surface area contributed by atoms with Crippen LogP contribution in [0, 0.1) is 0 Å². The number of alkyl halides is 3. The van der Waals surface area contributed by atoms with E-state index in [1.807, 2.05) is 0 Å². The Balaban J connectivity index is 2.01. The molecule has 142 valence electrons. The van der Waals surface area contributed by atoms with Gasteiger partial charge in [-0.2, -0.15) is 25.9 Å². The molecule has 0 saturated carbocycles. The van der Waals surface area contributed by atoms with Gasteiger partial charge >= 0.3 is 6.18 Å². The van der Waals surface area contributed by atoms with Crippen molar-refractivity contribution in [2.75, 3.05) is 45.8 Å². The van der Waals surface area contributed by atoms with Gasteiger partial charge in [-0.25, -0.2) is 4.72 Å². The molecule has 0 aromatic carbocycles. The van der Waals surface area contributed by atoms with Crippen molar-refractivity contribution in [3.63, 3.8) is 0 Å². The molecule has 0 bridgehead atoms. The fourth-order valence-corrected chi connectivity index (χ4v) is 4.41. The van der Waals surface area contributed by atoms with Crippen molar-refractivity contribution in [2.45, 2.75) is 38.3 Å². The number of halogens is 3. The third kappa shape index (κ3) is 5.27. The molecule has 0 aromatic rings. The summed E-state index contributed by atoms with van der Waals surface area (Å²) in [6.07, 6.45) is -5.08. The van der Waals surface area contributed by atoms with Gasteiger partial charge in [-0.15, -0.1) is 0 Å². The summed E-state index contributed by atoms with van der Waals surface area (Å²) in [5, 5.41) is 2.98. The van der Waals surface area contributed by atoms with Gasteiger partial charge in [-0.1, -0.05) is 0 Å². The SMILES string of the molecule is CC1CN(S(=O)(=O)NCC(N2CCNCC2)C(F)(F)F)CC(C)O1. The fourth-order valence-electron chi connectivity index (χ4n) is 3.05. The lowest BCUT2D eigenvalue weighted by atomic mass is 10.2. The highest BCUT2D eigenvalue weighted by Gasteiger charge is 2.44. The monoisotopic (exact) mass is 374 g/mol. The van der Waals surface area contributed by atoms with E-state index in [2.05, 4.69) is 10.0 Å². The Bertz CT molecular complexity index is 501. The van der Waals surface area contributed by atoms with Crippen LogP contribution in [0.25, 0.3) is 0 Å². The summed E-state index contributed by atoms with van der Waals surface area (Å²) in [5.41, 5.74) is 0. The van der Waals surface area contributed by atoms with Gasteiger partial charge in [0.1, 0.15) is 6.04 Å². The first-order valence-corrected chi connectivity index (χ1v) is 9.45. The van der Waals surface area contributed by atoms with Crippen molar-refractivity contribution in [1.29, 1.82) is 0 Å². The molecule has 7 nitrogen and oxygen atoms in total. The van der Waals surface area contributed by atoms with Gasteiger partial charge in [0, 0.05) is 45.8 Å². The molecular formula is C13H25F3N4O3S. The molecule has 2 aliphatic rings. The molecule has 0 spiro atoms. The van der Waals surface area contributed by atoms with Crippen molar-refractivity contribution in [1.82, 2.24) is 19.2 Å². The van der Waals surface area contributed by atoms with Crippen molar-refractivity contribution in [3.8, 4) is 0 Å². The molecule has 3 unspecified atom stereocenters. The Hall–Kier alpha value is -0.460. The number of ether oxygens (including phenoxy) is 1. The lowest BCUT2D eigenvalue weighted by molar-refractivity contribution is -0.182. The van der Waals surface area contributed by atoms with Gasteiger partial charge in [0.2, 0.25) is 0 Å². The van der Waals surface area contributed by atoms with Gasteiger partial charge in [0.25, 0.3) is 10.2 Å². The molecule has 2 saturated heterocycles. The molecule has 0 aliphatic carbocycles. The Morgan fingerprint density at radius 2 is 1.75 bits per heavy atom. The van der Waals surface area contributed by atoms with Crippen LogP contribution in [-0.4, -0.2) is 87.9 Å². The summed E-state index contributed by atoms with van der Waals surface area (Å²) in [7, 11) is -3.98. The molecule has 0 radical (unpaired) electrons. The van der Waals surface area contributed by atoms with Crippen LogP contribution < -0.4 is 10.0 Å². The zero-order chi connectivity index (χ0) is 18.0. The highest BCUT2D eigenvalue weighted by molar-refractivity contribution is 7.87. The largest absolute Gasteiger partial charge is 0.405 e. The van der Waals surface area contributed by atoms with Crippen LogP contribution in [0.3, 0.4) is 0 Å². The summed E-state index contributed by atoms with van der Waals surface area (Å²) in [6, 6.07) is -1.83. The maximum absolute atomic E-state index is 13.3. The summed E-state index contributed by atoms with van der Waals surface area (Å²) < 4.78 is 73.4. The van der Waals surface area contributed by atoms with E-state index in [4.69, 9.17) is 4.74 Å². The molecule has 2 rings (SSSR count). The number of nitrogens with one attached hydrogen (secondary N) is 2. The highest BCUT2D eigenvalue weighted by Crippen LogP contribution is 2.25. The second kappa shape index (κ2) is 7.83. The minimum atomic E-state index is -4.49. The van der Waals surface area contributed by atoms with Crippen molar-refractivity contribution in [3.05, 3.63) is 0 Å². The van der Waals surface area contributed by atoms with Crippen molar-refractivity contribution >= 4 is 10.2 Å². The number of hydrogen-bond acceptors (Lipinski definition) is 5. The molecule has 2 aliphatic heterocycles. The highest BCUT2D eigenvalue weighted by atomic mass is 32.2. The van der Waals surface area contributed by atoms with Crippen LogP contribution in [0.15, 0.2) is 0 Å². The van der Waals surface area contributed by atoms with Gasteiger partial charge < -0.3 is 10.1 Å². The predicted molar refractivity (Wildman–Crippen MR) is 82.8 cm³/mol. The van der Waals surface area contributed by atoms with E-state index in [-0.39, 0.29) is 38.4 Å². The van der Waals surface area contributed by atoms with E-state index < -0.39 is 29.0 Å². The molecule has 3 atom stereocenters. The second-order valence-electron chi connectivity index (χ2n) is 6.27. The summed E-state index contributed by atoms with van der Waals surface area (Å²) in [6.45, 7) is 4.42. The third-order valence-electron chi connectivity index (χ3n) is 4.16. The first-order valence-electron chi connectivity index (χ1n) is 8.01. The van der Waals surface area contributed by atoms with Gasteiger partial charge in [-0.3, -0.25) is 4.90 Å². The fraction of sp³-hybridized carbons (Fsp3) is 1.00. The minimum absolute atomic E-state index is 0.129. The average Bonchev–Trinajstić information content (AvgIpc) is 2.46. The lowest BCUT2D eigenvalue weighted by Crippen LogP contribution is -2.59. The number of morpholine rings is 1. The molecule has 2 N–H and O–H groups in total. The second-order valence-corrected chi connectivity index (χ2v) is 8.03. The lowest BCUT2D eigenvalue weighted by Gasteiger charge is -2.37. The third-order valence-corrected chi connectivity index (χ3v) is 5.66. The Morgan fingerprint density at radius 1 is 1.21 bits per heavy atom. The predicted octanol–water partition coefficient (Wildman–Crippen LogP) is -0.234. The van der Waals surface area contributed by atoms with Crippen LogP contribution in [0.2, 0.25) is 0 Å². The zero-order valence-electron chi connectivity index (χ0n) is 13.8. The Kier molecular flexibility index (Phi) is 6.48. The smallest absolute Gasteiger partial charge is 0.373 e. The van der Waals surface area contributed by atoms with E-state index in [9.17, 15) is 21.6 Å². The minimum Gasteiger partial charge on any atom is -0.373 e. The first-order chi connectivity index (χ1) is 11.1. The molecule has 11 heteroatoms. The van der Waals surface area contributed by atoms with E-state index >= 15 is 0 Å². The molecular weight excluding hydrogens is 349 g/mol. The van der Waals surface area contributed by atoms with Crippen LogP contribution in [0.5, 0.6) is 0 Å². The number of rotatable bonds is 5. The quantitative estimate of drug-likeness (QED) is 0.695. The number of hydrogen-bond donors (Lipinski definition) is 2. The van der Waals surface area contributed by atoms with Crippen molar-refractivity contribution < 1.29 is 26.3 Å². The topological polar surface area (TPSA) is 73.9 Å². The maximum atomic E-state index is 13.3. The van der Waals surface area contributed by atoms with Gasteiger partial charge in [-0.05, 0) is 13.8 Å². The summed E-state index contributed by atoms with van der Waals surface area (Å²) in [4.78, 5) is 1.27. The molecule has 24 heavy (non-hydrogen) atoms. The number of piperazine rings is 1. The Labute approximate surface area is 140 Å².